The molecule has 0 spiro atoms. The number of piperazine rings is 1. The summed E-state index contributed by atoms with van der Waals surface area (Å²) in [5.41, 5.74) is 0. The normalized spacial score (nSPS) is 17.1. The van der Waals surface area contributed by atoms with Gasteiger partial charge in [0.15, 0.2) is 21.0 Å². The number of aromatic nitrogens is 3. The number of hydrogen-bond acceptors (Lipinski definition) is 9. The smallest absolute Gasteiger partial charge is 0.351 e. The average Bonchev–Trinajstić information content (AvgIpc) is 3.19. The molecule has 1 unspecified atom stereocenters. The predicted octanol–water partition coefficient (Wildman–Crippen LogP) is 2.16. The first-order valence-electron chi connectivity index (χ1n) is 7.53. The Hall–Kier alpha value is -1.71. The van der Waals surface area contributed by atoms with Crippen molar-refractivity contribution in [2.75, 3.05) is 38.2 Å². The van der Waals surface area contributed by atoms with Gasteiger partial charge in [-0.1, -0.05) is 28.1 Å². The fourth-order valence-corrected chi connectivity index (χ4v) is 3.84. The van der Waals surface area contributed by atoms with Crippen molar-refractivity contribution in [3.8, 4) is 0 Å². The second kappa shape index (κ2) is 7.04. The van der Waals surface area contributed by atoms with Crippen molar-refractivity contribution in [3.63, 3.8) is 0 Å². The zero-order chi connectivity index (χ0) is 17.3. The second-order valence-electron chi connectivity index (χ2n) is 5.49. The number of anilines is 1. The topological polar surface area (TPSA) is 84.6 Å². The maximum atomic E-state index is 11.6. The van der Waals surface area contributed by atoms with E-state index < -0.39 is 5.97 Å². The van der Waals surface area contributed by atoms with Gasteiger partial charge in [-0.15, -0.1) is 0 Å². The van der Waals surface area contributed by atoms with E-state index in [0.717, 1.165) is 31.3 Å². The van der Waals surface area contributed by atoms with Crippen molar-refractivity contribution in [2.45, 2.75) is 19.9 Å². The molecule has 3 heterocycles. The zero-order valence-corrected chi connectivity index (χ0v) is 15.2. The van der Waals surface area contributed by atoms with Crippen molar-refractivity contribution < 1.29 is 14.1 Å². The highest BCUT2D eigenvalue weighted by molar-refractivity contribution is 7.18. The molecule has 1 saturated heterocycles. The van der Waals surface area contributed by atoms with Gasteiger partial charge < -0.3 is 14.2 Å². The van der Waals surface area contributed by atoms with E-state index in [9.17, 15) is 4.79 Å². The Labute approximate surface area is 148 Å². The Kier molecular flexibility index (Phi) is 5.02. The Morgan fingerprint density at radius 3 is 2.62 bits per heavy atom. The minimum Gasteiger partial charge on any atom is -0.465 e. The van der Waals surface area contributed by atoms with Crippen LogP contribution in [0.5, 0.6) is 0 Å². The first-order valence-corrected chi connectivity index (χ1v) is 8.73. The molecule has 1 fully saturated rings. The highest BCUT2D eigenvalue weighted by Crippen LogP contribution is 2.31. The maximum absolute atomic E-state index is 11.6. The van der Waals surface area contributed by atoms with Crippen molar-refractivity contribution >= 4 is 34.0 Å². The van der Waals surface area contributed by atoms with Gasteiger partial charge in [0.05, 0.1) is 13.2 Å². The lowest BCUT2D eigenvalue weighted by Crippen LogP contribution is -2.47. The largest absolute Gasteiger partial charge is 0.465 e. The second-order valence-corrected chi connectivity index (χ2v) is 6.82. The monoisotopic (exact) mass is 371 g/mol. The molecule has 130 valence electrons. The Morgan fingerprint density at radius 1 is 1.33 bits per heavy atom. The quantitative estimate of drug-likeness (QED) is 0.756. The van der Waals surface area contributed by atoms with Crippen LogP contribution in [-0.2, 0) is 4.74 Å². The summed E-state index contributed by atoms with van der Waals surface area (Å²) in [6.07, 6.45) is 0. The minimum absolute atomic E-state index is 0.0684. The van der Waals surface area contributed by atoms with E-state index in [-0.39, 0.29) is 11.2 Å². The summed E-state index contributed by atoms with van der Waals surface area (Å²) in [5.74, 6) is 0.817. The van der Waals surface area contributed by atoms with Gasteiger partial charge in [-0.2, -0.15) is 4.98 Å². The van der Waals surface area contributed by atoms with Crippen molar-refractivity contribution in [3.05, 3.63) is 21.7 Å². The number of carbonyl (C=O) groups is 1. The van der Waals surface area contributed by atoms with Gasteiger partial charge in [-0.3, -0.25) is 4.90 Å². The van der Waals surface area contributed by atoms with Gasteiger partial charge in [-0.05, 0) is 13.8 Å². The van der Waals surface area contributed by atoms with Crippen LogP contribution in [0.2, 0.25) is 5.15 Å². The van der Waals surface area contributed by atoms with Gasteiger partial charge >= 0.3 is 5.97 Å². The number of nitrogens with zero attached hydrogens (tertiary/aromatic N) is 5. The number of carbonyl (C=O) groups excluding carboxylic acids is 1. The number of thiazole rings is 1. The lowest BCUT2D eigenvalue weighted by Gasteiger charge is -2.36. The number of hydrogen-bond donors (Lipinski definition) is 0. The molecule has 3 rings (SSSR count). The molecule has 0 radical (unpaired) electrons. The molecule has 0 bridgehead atoms. The maximum Gasteiger partial charge on any atom is 0.351 e. The first kappa shape index (κ1) is 17.1. The van der Waals surface area contributed by atoms with Gasteiger partial charge in [0.25, 0.3) is 0 Å². The van der Waals surface area contributed by atoms with Crippen LogP contribution < -0.4 is 4.90 Å². The van der Waals surface area contributed by atoms with Gasteiger partial charge in [-0.25, -0.2) is 9.78 Å². The molecular formula is C14H18ClN5O3S. The van der Waals surface area contributed by atoms with E-state index in [0.29, 0.717) is 16.6 Å². The SMILES string of the molecule is COC(=O)c1sc(N2CCN(C(C)c3nc(C)no3)CC2)nc1Cl. The van der Waals surface area contributed by atoms with E-state index in [1.165, 1.54) is 18.4 Å². The van der Waals surface area contributed by atoms with E-state index in [1.807, 2.05) is 6.92 Å². The van der Waals surface area contributed by atoms with Gasteiger partial charge in [0.2, 0.25) is 5.89 Å². The molecule has 24 heavy (non-hydrogen) atoms. The third-order valence-corrected chi connectivity index (χ3v) is 5.46. The van der Waals surface area contributed by atoms with Gasteiger partial charge in [0.1, 0.15) is 0 Å². The van der Waals surface area contributed by atoms with Crippen LogP contribution >= 0.6 is 22.9 Å². The molecule has 0 N–H and O–H groups in total. The van der Waals surface area contributed by atoms with Gasteiger partial charge in [0, 0.05) is 26.2 Å². The van der Waals surface area contributed by atoms with Crippen LogP contribution in [0, 0.1) is 6.92 Å². The fraction of sp³-hybridized carbons (Fsp3) is 0.571. The van der Waals surface area contributed by atoms with Crippen LogP contribution in [0.25, 0.3) is 0 Å². The summed E-state index contributed by atoms with van der Waals surface area (Å²) < 4.78 is 9.97. The van der Waals surface area contributed by atoms with Crippen molar-refractivity contribution in [2.24, 2.45) is 0 Å². The number of halogens is 1. The molecule has 1 aliphatic heterocycles. The third kappa shape index (κ3) is 3.38. The summed E-state index contributed by atoms with van der Waals surface area (Å²) >= 11 is 7.29. The van der Waals surface area contributed by atoms with Crippen LogP contribution in [0.4, 0.5) is 5.13 Å². The Balaban J connectivity index is 1.64. The fourth-order valence-electron chi connectivity index (χ4n) is 2.58. The molecule has 2 aromatic heterocycles. The molecule has 2 aromatic rings. The molecule has 1 atom stereocenters. The highest BCUT2D eigenvalue weighted by atomic mass is 35.5. The van der Waals surface area contributed by atoms with E-state index in [2.05, 4.69) is 31.8 Å². The van der Waals surface area contributed by atoms with E-state index in [1.54, 1.807) is 0 Å². The minimum atomic E-state index is -0.456. The van der Waals surface area contributed by atoms with Crippen molar-refractivity contribution in [1.29, 1.82) is 0 Å². The number of methoxy groups -OCH3 is 1. The van der Waals surface area contributed by atoms with E-state index in [4.69, 9.17) is 20.9 Å². The molecule has 0 saturated carbocycles. The summed E-state index contributed by atoms with van der Waals surface area (Å²) in [4.78, 5) is 25.0. The first-order chi connectivity index (χ1) is 11.5. The predicted molar refractivity (Wildman–Crippen MR) is 89.7 cm³/mol. The molecule has 10 heteroatoms. The molecule has 0 aliphatic carbocycles. The zero-order valence-electron chi connectivity index (χ0n) is 13.7. The van der Waals surface area contributed by atoms with E-state index >= 15 is 0 Å². The highest BCUT2D eigenvalue weighted by Gasteiger charge is 2.28. The number of aryl methyl sites for hydroxylation is 1. The molecule has 0 aromatic carbocycles. The van der Waals surface area contributed by atoms with Crippen LogP contribution in [-0.4, -0.2) is 59.3 Å². The molecule has 1 aliphatic rings. The van der Waals surface area contributed by atoms with Crippen LogP contribution in [0.3, 0.4) is 0 Å². The van der Waals surface area contributed by atoms with Crippen molar-refractivity contribution in [1.82, 2.24) is 20.0 Å². The summed E-state index contributed by atoms with van der Waals surface area (Å²) in [7, 11) is 1.33. The lowest BCUT2D eigenvalue weighted by molar-refractivity contribution is 0.0606. The third-order valence-electron chi connectivity index (χ3n) is 3.98. The van der Waals surface area contributed by atoms with Crippen LogP contribution in [0.15, 0.2) is 4.52 Å². The Bertz CT molecular complexity index is 726. The lowest BCUT2D eigenvalue weighted by atomic mass is 10.2. The number of ether oxygens (including phenoxy) is 1. The number of rotatable bonds is 4. The Morgan fingerprint density at radius 2 is 2.04 bits per heavy atom. The molecule has 0 amide bonds. The van der Waals surface area contributed by atoms with Crippen LogP contribution in [0.1, 0.15) is 34.4 Å². The molecular weight excluding hydrogens is 354 g/mol. The summed E-state index contributed by atoms with van der Waals surface area (Å²) in [5, 5.41) is 4.77. The average molecular weight is 372 g/mol. The standard InChI is InChI=1S/C14H18ClN5O3S/c1-8(12-16-9(2)18-23-12)19-4-6-20(7-5-19)14-17-11(15)10(24-14)13(21)22-3/h8H,4-7H2,1-3H3. The number of esters is 1. The summed E-state index contributed by atoms with van der Waals surface area (Å²) in [6.45, 7) is 7.07. The summed E-state index contributed by atoms with van der Waals surface area (Å²) in [6, 6.07) is 0.0684. The molecule has 8 nitrogen and oxygen atoms in total.